The van der Waals surface area contributed by atoms with E-state index in [1.807, 2.05) is 14.1 Å². The van der Waals surface area contributed by atoms with Gasteiger partial charge >= 0.3 is 0 Å². The van der Waals surface area contributed by atoms with Gasteiger partial charge in [-0.1, -0.05) is 12.8 Å². The number of hydrogen-bond acceptors (Lipinski definition) is 5. The Morgan fingerprint density at radius 2 is 1.96 bits per heavy atom. The van der Waals surface area contributed by atoms with Gasteiger partial charge in [-0.3, -0.25) is 14.9 Å². The van der Waals surface area contributed by atoms with Crippen LogP contribution in [0.5, 0.6) is 0 Å². The van der Waals surface area contributed by atoms with Crippen LogP contribution in [0.25, 0.3) is 0 Å². The predicted octanol–water partition coefficient (Wildman–Crippen LogP) is 2.26. The van der Waals surface area contributed by atoms with E-state index in [1.165, 1.54) is 13.1 Å². The van der Waals surface area contributed by atoms with Crippen LogP contribution in [0.15, 0.2) is 18.2 Å². The van der Waals surface area contributed by atoms with E-state index >= 15 is 0 Å². The van der Waals surface area contributed by atoms with Gasteiger partial charge in [0.25, 0.3) is 11.6 Å². The third-order valence-electron chi connectivity index (χ3n) is 4.52. The zero-order valence-corrected chi connectivity index (χ0v) is 14.6. The Morgan fingerprint density at radius 3 is 2.50 bits per heavy atom. The first kappa shape index (κ1) is 18.2. The highest BCUT2D eigenvalue weighted by atomic mass is 16.6. The first-order chi connectivity index (χ1) is 11.4. The maximum absolute atomic E-state index is 11.8. The molecule has 0 aliphatic heterocycles. The lowest BCUT2D eigenvalue weighted by Gasteiger charge is -2.32. The topological polar surface area (TPSA) is 78.7 Å². The van der Waals surface area contributed by atoms with Crippen LogP contribution in [-0.2, 0) is 0 Å². The molecule has 0 unspecified atom stereocenters. The molecule has 1 saturated carbocycles. The number of hydrogen-bond donors (Lipinski definition) is 1. The molecule has 1 aliphatic carbocycles. The molecule has 2 rings (SSSR count). The number of anilines is 1. The van der Waals surface area contributed by atoms with Crippen molar-refractivity contribution in [2.75, 3.05) is 39.1 Å². The first-order valence-electron chi connectivity index (χ1n) is 8.36. The van der Waals surface area contributed by atoms with Crippen LogP contribution < -0.4 is 10.2 Å². The molecule has 0 spiro atoms. The fourth-order valence-corrected chi connectivity index (χ4v) is 3.22. The number of nitro groups is 1. The number of amides is 1. The molecule has 0 saturated heterocycles. The molecule has 7 heteroatoms. The Morgan fingerprint density at radius 1 is 1.29 bits per heavy atom. The van der Waals surface area contributed by atoms with Crippen LogP contribution in [0.4, 0.5) is 11.4 Å². The SMILES string of the molecule is CNC(=O)c1ccc(N(CCN(C)C)C2CCCC2)c([N+](=O)[O-])c1. The van der Waals surface area contributed by atoms with E-state index in [1.54, 1.807) is 12.1 Å². The van der Waals surface area contributed by atoms with Gasteiger partial charge in [-0.2, -0.15) is 0 Å². The van der Waals surface area contributed by atoms with Gasteiger partial charge < -0.3 is 15.1 Å². The number of nitrogens with one attached hydrogen (secondary N) is 1. The van der Waals surface area contributed by atoms with Crippen molar-refractivity contribution in [2.45, 2.75) is 31.7 Å². The number of carbonyl (C=O) groups excluding carboxylic acids is 1. The summed E-state index contributed by atoms with van der Waals surface area (Å²) in [6.45, 7) is 1.56. The van der Waals surface area contributed by atoms with Crippen LogP contribution >= 0.6 is 0 Å². The molecule has 1 N–H and O–H groups in total. The molecule has 24 heavy (non-hydrogen) atoms. The summed E-state index contributed by atoms with van der Waals surface area (Å²) < 4.78 is 0. The third kappa shape index (κ3) is 4.23. The van der Waals surface area contributed by atoms with E-state index in [-0.39, 0.29) is 16.5 Å². The smallest absolute Gasteiger partial charge is 0.293 e. The lowest BCUT2D eigenvalue weighted by atomic mass is 10.1. The zero-order valence-electron chi connectivity index (χ0n) is 14.6. The molecular weight excluding hydrogens is 308 g/mol. The Bertz CT molecular complexity index is 597. The second-order valence-corrected chi connectivity index (χ2v) is 6.47. The second-order valence-electron chi connectivity index (χ2n) is 6.47. The Balaban J connectivity index is 2.39. The van der Waals surface area contributed by atoms with Gasteiger partial charge in [0, 0.05) is 37.8 Å². The van der Waals surface area contributed by atoms with Gasteiger partial charge in [0.1, 0.15) is 5.69 Å². The Kier molecular flexibility index (Phi) is 6.14. The number of nitrogens with zero attached hydrogens (tertiary/aromatic N) is 3. The summed E-state index contributed by atoms with van der Waals surface area (Å²) >= 11 is 0. The molecule has 0 heterocycles. The summed E-state index contributed by atoms with van der Waals surface area (Å²) in [4.78, 5) is 27.2. The summed E-state index contributed by atoms with van der Waals surface area (Å²) in [5, 5.41) is 14.1. The third-order valence-corrected chi connectivity index (χ3v) is 4.52. The van der Waals surface area contributed by atoms with Gasteiger partial charge in [0.05, 0.1) is 4.92 Å². The van der Waals surface area contributed by atoms with Gasteiger partial charge in [-0.05, 0) is 39.1 Å². The lowest BCUT2D eigenvalue weighted by Crippen LogP contribution is -2.39. The highest BCUT2D eigenvalue weighted by Crippen LogP contribution is 2.35. The van der Waals surface area contributed by atoms with Gasteiger partial charge in [-0.25, -0.2) is 0 Å². The number of likely N-dealkylation sites (N-methyl/N-ethyl adjacent to an activating group) is 1. The van der Waals surface area contributed by atoms with E-state index in [2.05, 4.69) is 15.1 Å². The molecule has 132 valence electrons. The van der Waals surface area contributed by atoms with E-state index in [4.69, 9.17) is 0 Å². The highest BCUT2D eigenvalue weighted by molar-refractivity contribution is 5.95. The van der Waals surface area contributed by atoms with Crippen molar-refractivity contribution in [1.29, 1.82) is 0 Å². The minimum Gasteiger partial charge on any atom is -0.362 e. The summed E-state index contributed by atoms with van der Waals surface area (Å²) in [6, 6.07) is 5.09. The number of nitro benzene ring substituents is 1. The normalized spacial score (nSPS) is 14.8. The van der Waals surface area contributed by atoms with Crippen molar-refractivity contribution in [3.63, 3.8) is 0 Å². The predicted molar refractivity (Wildman–Crippen MR) is 94.6 cm³/mol. The lowest BCUT2D eigenvalue weighted by molar-refractivity contribution is -0.384. The molecule has 1 aromatic carbocycles. The monoisotopic (exact) mass is 334 g/mol. The molecule has 1 aliphatic rings. The van der Waals surface area contributed by atoms with Crippen molar-refractivity contribution in [1.82, 2.24) is 10.2 Å². The standard InChI is InChI=1S/C17H26N4O3/c1-18-17(22)13-8-9-15(16(12-13)21(23)24)20(11-10-19(2)3)14-6-4-5-7-14/h8-9,12,14H,4-7,10-11H2,1-3H3,(H,18,22). The van der Waals surface area contributed by atoms with Crippen LogP contribution in [0, 0.1) is 10.1 Å². The van der Waals surface area contributed by atoms with Crippen LogP contribution in [0.2, 0.25) is 0 Å². The molecule has 1 amide bonds. The van der Waals surface area contributed by atoms with Crippen LogP contribution in [0.3, 0.4) is 0 Å². The van der Waals surface area contributed by atoms with E-state index in [9.17, 15) is 14.9 Å². The van der Waals surface area contributed by atoms with Crippen molar-refractivity contribution >= 4 is 17.3 Å². The summed E-state index contributed by atoms with van der Waals surface area (Å²) in [7, 11) is 5.51. The first-order valence-corrected chi connectivity index (χ1v) is 8.36. The van der Waals surface area contributed by atoms with Crippen LogP contribution in [0.1, 0.15) is 36.0 Å². The fourth-order valence-electron chi connectivity index (χ4n) is 3.22. The number of benzene rings is 1. The number of carbonyl (C=O) groups is 1. The molecule has 0 aromatic heterocycles. The fraction of sp³-hybridized carbons (Fsp3) is 0.588. The van der Waals surface area contributed by atoms with Crippen molar-refractivity contribution < 1.29 is 9.72 Å². The van der Waals surface area contributed by atoms with E-state index in [0.29, 0.717) is 17.3 Å². The Labute approximate surface area is 142 Å². The minimum absolute atomic E-state index is 0.00163. The summed E-state index contributed by atoms with van der Waals surface area (Å²) in [5.41, 5.74) is 0.926. The second kappa shape index (κ2) is 8.10. The average molecular weight is 334 g/mol. The Hall–Kier alpha value is -2.15. The van der Waals surface area contributed by atoms with Gasteiger partial charge in [0.15, 0.2) is 0 Å². The molecule has 0 atom stereocenters. The highest BCUT2D eigenvalue weighted by Gasteiger charge is 2.28. The van der Waals surface area contributed by atoms with Gasteiger partial charge in [-0.15, -0.1) is 0 Å². The summed E-state index contributed by atoms with van der Waals surface area (Å²) in [6.07, 6.45) is 4.43. The van der Waals surface area contributed by atoms with Crippen molar-refractivity contribution in [3.8, 4) is 0 Å². The zero-order chi connectivity index (χ0) is 17.7. The maximum atomic E-state index is 11.8. The molecule has 1 fully saturated rings. The molecule has 1 aromatic rings. The molecule has 0 bridgehead atoms. The largest absolute Gasteiger partial charge is 0.362 e. The van der Waals surface area contributed by atoms with E-state index in [0.717, 1.165) is 38.8 Å². The molecule has 0 radical (unpaired) electrons. The van der Waals surface area contributed by atoms with E-state index < -0.39 is 0 Å². The van der Waals surface area contributed by atoms with Crippen molar-refractivity contribution in [2.24, 2.45) is 0 Å². The maximum Gasteiger partial charge on any atom is 0.293 e. The van der Waals surface area contributed by atoms with Gasteiger partial charge in [0.2, 0.25) is 0 Å². The van der Waals surface area contributed by atoms with Crippen molar-refractivity contribution in [3.05, 3.63) is 33.9 Å². The minimum atomic E-state index is -0.389. The summed E-state index contributed by atoms with van der Waals surface area (Å²) in [5.74, 6) is -0.314. The quantitative estimate of drug-likeness (QED) is 0.611. The average Bonchev–Trinajstić information content (AvgIpc) is 3.08. The molecule has 7 nitrogen and oxygen atoms in total. The number of rotatable bonds is 7. The molecular formula is C17H26N4O3. The van der Waals surface area contributed by atoms with Crippen LogP contribution in [-0.4, -0.2) is 56.0 Å².